The molecule has 2 N–H and O–H groups in total. The number of carbonyl (C=O) groups is 1. The van der Waals surface area contributed by atoms with Crippen molar-refractivity contribution in [3.05, 3.63) is 77.3 Å². The minimum atomic E-state index is -0.0883. The van der Waals surface area contributed by atoms with Crippen LogP contribution in [0.5, 0.6) is 0 Å². The van der Waals surface area contributed by atoms with Gasteiger partial charge in [0.1, 0.15) is 13.7 Å². The Hall–Kier alpha value is -3.59. The number of urea groups is 1. The van der Waals surface area contributed by atoms with Crippen LogP contribution < -0.4 is 16.1 Å². The molecule has 4 aromatic rings. The van der Waals surface area contributed by atoms with E-state index in [0.29, 0.717) is 24.7 Å². The summed E-state index contributed by atoms with van der Waals surface area (Å²) >= 11 is 5.93. The molecule has 172 valence electrons. The van der Waals surface area contributed by atoms with E-state index in [1.54, 1.807) is 30.5 Å². The van der Waals surface area contributed by atoms with Crippen LogP contribution in [0, 0.1) is 0 Å². The summed E-state index contributed by atoms with van der Waals surface area (Å²) in [4.78, 5) is 23.7. The van der Waals surface area contributed by atoms with Crippen molar-refractivity contribution in [2.24, 2.45) is 0 Å². The van der Waals surface area contributed by atoms with Crippen molar-refractivity contribution >= 4 is 48.1 Å². The normalized spacial score (nSPS) is 14.3. The van der Waals surface area contributed by atoms with Crippen LogP contribution in [0.2, 0.25) is 5.02 Å². The Labute approximate surface area is 203 Å². The van der Waals surface area contributed by atoms with Gasteiger partial charge in [-0.05, 0) is 54.2 Å². The number of fused-ring (bicyclic) bond motifs is 1. The third-order valence-electron chi connectivity index (χ3n) is 6.16. The van der Waals surface area contributed by atoms with Crippen molar-refractivity contribution in [3.63, 3.8) is 0 Å². The highest BCUT2D eigenvalue weighted by molar-refractivity contribution is 6.36. The van der Waals surface area contributed by atoms with E-state index >= 15 is 0 Å². The van der Waals surface area contributed by atoms with Crippen LogP contribution in [-0.2, 0) is 6.54 Å². The highest BCUT2D eigenvalue weighted by Gasteiger charge is 2.26. The molecule has 8 nitrogen and oxygen atoms in total. The number of aromatic nitrogens is 4. The van der Waals surface area contributed by atoms with Gasteiger partial charge < -0.3 is 15.5 Å². The lowest BCUT2D eigenvalue weighted by Gasteiger charge is -2.32. The first kappa shape index (κ1) is 22.2. The van der Waals surface area contributed by atoms with Gasteiger partial charge in [-0.2, -0.15) is 9.61 Å². The molecule has 34 heavy (non-hydrogen) atoms. The Kier molecular flexibility index (Phi) is 6.36. The molecule has 1 saturated heterocycles. The van der Waals surface area contributed by atoms with Crippen molar-refractivity contribution in [3.8, 4) is 0 Å². The van der Waals surface area contributed by atoms with Gasteiger partial charge in [0.05, 0.1) is 0 Å². The first-order chi connectivity index (χ1) is 16.6. The second-order valence-corrected chi connectivity index (χ2v) is 8.98. The maximum absolute atomic E-state index is 12.7. The Balaban J connectivity index is 1.28. The summed E-state index contributed by atoms with van der Waals surface area (Å²) in [5.41, 5.74) is 4.75. The Morgan fingerprint density at radius 1 is 1.15 bits per heavy atom. The number of likely N-dealkylation sites (tertiary alicyclic amines) is 1. The Morgan fingerprint density at radius 3 is 2.68 bits per heavy atom. The molecule has 1 aromatic carbocycles. The van der Waals surface area contributed by atoms with Gasteiger partial charge in [0.25, 0.3) is 0 Å². The number of halogens is 1. The van der Waals surface area contributed by atoms with Crippen LogP contribution >= 0.6 is 11.6 Å². The smallest absolute Gasteiger partial charge is 0.321 e. The van der Waals surface area contributed by atoms with Crippen LogP contribution in [0.1, 0.15) is 30.0 Å². The second kappa shape index (κ2) is 9.73. The minimum Gasteiger partial charge on any atom is -0.366 e. The highest BCUT2D eigenvalue weighted by Crippen LogP contribution is 2.29. The largest absolute Gasteiger partial charge is 0.366 e. The van der Waals surface area contributed by atoms with Gasteiger partial charge in [0, 0.05) is 66.6 Å². The molecule has 0 atom stereocenters. The van der Waals surface area contributed by atoms with Crippen LogP contribution in [0.15, 0.2) is 61.1 Å². The Morgan fingerprint density at radius 2 is 1.94 bits per heavy atom. The van der Waals surface area contributed by atoms with Gasteiger partial charge in [-0.1, -0.05) is 17.7 Å². The van der Waals surface area contributed by atoms with Crippen molar-refractivity contribution in [2.75, 3.05) is 23.7 Å². The number of hydrogen-bond acceptors (Lipinski definition) is 5. The molecule has 0 bridgehead atoms. The fourth-order valence-corrected chi connectivity index (χ4v) is 4.36. The first-order valence-electron chi connectivity index (χ1n) is 11.4. The number of piperidine rings is 1. The van der Waals surface area contributed by atoms with Gasteiger partial charge >= 0.3 is 6.03 Å². The van der Waals surface area contributed by atoms with Crippen LogP contribution in [0.3, 0.4) is 0 Å². The van der Waals surface area contributed by atoms with Gasteiger partial charge in [-0.15, -0.1) is 0 Å². The van der Waals surface area contributed by atoms with Crippen LogP contribution in [0.4, 0.5) is 16.3 Å². The van der Waals surface area contributed by atoms with E-state index in [-0.39, 0.29) is 11.9 Å². The molecular weight excluding hydrogens is 449 g/mol. The molecular formula is C24H25BClN7O. The predicted molar refractivity (Wildman–Crippen MR) is 137 cm³/mol. The standard InChI is InChI=1S/C24H25BClN7O/c25-20-15-29-33-22(28-14-16-2-1-9-27-13-16)12-21(31-23(20)33)17-7-10-32(11-8-17)24(34)30-19-5-3-18(26)4-6-19/h1-6,9,12-13,15,17,28H,7-8,10-11,14,25H2,(H,30,34). The summed E-state index contributed by atoms with van der Waals surface area (Å²) in [5, 5.41) is 11.6. The van der Waals surface area contributed by atoms with Crippen molar-refractivity contribution in [1.29, 1.82) is 0 Å². The van der Waals surface area contributed by atoms with E-state index < -0.39 is 0 Å². The minimum absolute atomic E-state index is 0.0883. The number of nitrogens with zero attached hydrogens (tertiary/aromatic N) is 5. The van der Waals surface area contributed by atoms with Gasteiger partial charge in [-0.25, -0.2) is 9.78 Å². The maximum atomic E-state index is 12.7. The quantitative estimate of drug-likeness (QED) is 0.435. The van der Waals surface area contributed by atoms with Gasteiger partial charge in [0.15, 0.2) is 5.65 Å². The summed E-state index contributed by atoms with van der Waals surface area (Å²) in [6.07, 6.45) is 7.17. The molecule has 0 spiro atoms. The number of rotatable bonds is 5. The summed E-state index contributed by atoms with van der Waals surface area (Å²) in [6, 6.07) is 13.1. The highest BCUT2D eigenvalue weighted by atomic mass is 35.5. The lowest BCUT2D eigenvalue weighted by Crippen LogP contribution is -2.40. The Bertz CT molecular complexity index is 1290. The molecule has 1 aliphatic rings. The van der Waals surface area contributed by atoms with E-state index in [4.69, 9.17) is 16.6 Å². The second-order valence-electron chi connectivity index (χ2n) is 8.54. The summed E-state index contributed by atoms with van der Waals surface area (Å²) in [6.45, 7) is 2.00. The number of amides is 2. The van der Waals surface area contributed by atoms with Crippen molar-refractivity contribution in [1.82, 2.24) is 24.5 Å². The van der Waals surface area contributed by atoms with E-state index in [1.165, 1.54) is 0 Å². The number of pyridine rings is 1. The van der Waals surface area contributed by atoms with E-state index in [2.05, 4.69) is 26.8 Å². The lowest BCUT2D eigenvalue weighted by molar-refractivity contribution is 0.194. The molecule has 4 heterocycles. The molecule has 10 heteroatoms. The topological polar surface area (TPSA) is 87.5 Å². The molecule has 0 unspecified atom stereocenters. The molecule has 3 aromatic heterocycles. The average molecular weight is 474 g/mol. The monoisotopic (exact) mass is 473 g/mol. The molecule has 2 amide bonds. The van der Waals surface area contributed by atoms with Crippen molar-refractivity contribution in [2.45, 2.75) is 25.3 Å². The average Bonchev–Trinajstić information content (AvgIpc) is 3.25. The van der Waals surface area contributed by atoms with Crippen molar-refractivity contribution < 1.29 is 4.79 Å². The molecule has 1 fully saturated rings. The first-order valence-corrected chi connectivity index (χ1v) is 11.7. The number of anilines is 2. The third-order valence-corrected chi connectivity index (χ3v) is 6.41. The zero-order chi connectivity index (χ0) is 23.5. The third kappa shape index (κ3) is 4.84. The summed E-state index contributed by atoms with van der Waals surface area (Å²) in [5.74, 6) is 1.18. The van der Waals surface area contributed by atoms with Gasteiger partial charge in [-0.3, -0.25) is 4.98 Å². The molecule has 0 saturated carbocycles. The van der Waals surface area contributed by atoms with E-state index in [1.807, 2.05) is 41.8 Å². The zero-order valence-corrected chi connectivity index (χ0v) is 19.7. The molecule has 1 aliphatic heterocycles. The van der Waals surface area contributed by atoms with E-state index in [9.17, 15) is 4.79 Å². The lowest BCUT2D eigenvalue weighted by atomic mass is 9.93. The number of hydrogen-bond donors (Lipinski definition) is 2. The number of carbonyl (C=O) groups excluding carboxylic acids is 1. The fraction of sp³-hybridized carbons (Fsp3) is 0.250. The predicted octanol–water partition coefficient (Wildman–Crippen LogP) is 3.06. The molecule has 5 rings (SSSR count). The maximum Gasteiger partial charge on any atom is 0.321 e. The summed E-state index contributed by atoms with van der Waals surface area (Å²) in [7, 11) is 2.02. The zero-order valence-electron chi connectivity index (χ0n) is 18.9. The van der Waals surface area contributed by atoms with E-state index in [0.717, 1.165) is 46.7 Å². The molecule has 0 radical (unpaired) electrons. The fourth-order valence-electron chi connectivity index (χ4n) is 4.24. The molecule has 0 aliphatic carbocycles. The summed E-state index contributed by atoms with van der Waals surface area (Å²) < 4.78 is 1.85. The SMILES string of the molecule is Bc1cnn2c(NCc3cccnc3)cc(C3CCN(C(=O)Nc4ccc(Cl)cc4)CC3)nc12. The number of benzene rings is 1. The van der Waals surface area contributed by atoms with Crippen LogP contribution in [-0.4, -0.2) is 51.4 Å². The van der Waals surface area contributed by atoms with Crippen LogP contribution in [0.25, 0.3) is 5.65 Å². The number of nitrogens with one attached hydrogen (secondary N) is 2. The van der Waals surface area contributed by atoms with Gasteiger partial charge in [0.2, 0.25) is 0 Å².